The van der Waals surface area contributed by atoms with Crippen molar-refractivity contribution in [3.05, 3.63) is 42.0 Å². The smallest absolute Gasteiger partial charge is 0.410 e. The number of benzene rings is 2. The van der Waals surface area contributed by atoms with E-state index < -0.39 is 5.60 Å². The van der Waals surface area contributed by atoms with Crippen LogP contribution in [0.1, 0.15) is 32.4 Å². The van der Waals surface area contributed by atoms with E-state index in [0.29, 0.717) is 19.6 Å². The third kappa shape index (κ3) is 3.46. The number of carbonyl (C=O) groups excluding carboxylic acids is 1. The molecule has 0 saturated carbocycles. The zero-order chi connectivity index (χ0) is 17.3. The Morgan fingerprint density at radius 1 is 1.25 bits per heavy atom. The molecule has 5 nitrogen and oxygen atoms in total. The van der Waals surface area contributed by atoms with Gasteiger partial charge in [0, 0.05) is 25.2 Å². The summed E-state index contributed by atoms with van der Waals surface area (Å²) in [4.78, 5) is 14.1. The van der Waals surface area contributed by atoms with Crippen molar-refractivity contribution < 1.29 is 14.6 Å². The molecule has 1 amide bonds. The molecule has 3 rings (SSSR count). The highest BCUT2D eigenvalue weighted by Gasteiger charge is 2.30. The molecule has 2 aromatic rings. The van der Waals surface area contributed by atoms with E-state index in [-0.39, 0.29) is 17.9 Å². The second-order valence-electron chi connectivity index (χ2n) is 7.15. The molecule has 0 radical (unpaired) electrons. The Morgan fingerprint density at radius 3 is 2.75 bits per heavy atom. The first-order valence-electron chi connectivity index (χ1n) is 8.27. The van der Waals surface area contributed by atoms with Gasteiger partial charge in [-0.2, -0.15) is 0 Å². The van der Waals surface area contributed by atoms with Crippen LogP contribution in [0.15, 0.2) is 36.4 Å². The molecule has 1 heterocycles. The molecule has 0 aromatic heterocycles. The first kappa shape index (κ1) is 16.6. The summed E-state index contributed by atoms with van der Waals surface area (Å²) in [5.41, 5.74) is 0.320. The molecule has 0 aliphatic carbocycles. The number of ether oxygens (including phenoxy) is 1. The number of hydrogen-bond donors (Lipinski definition) is 2. The van der Waals surface area contributed by atoms with E-state index in [1.165, 1.54) is 0 Å². The van der Waals surface area contributed by atoms with Crippen LogP contribution < -0.4 is 5.32 Å². The van der Waals surface area contributed by atoms with Crippen LogP contribution in [-0.4, -0.2) is 41.3 Å². The van der Waals surface area contributed by atoms with E-state index in [0.717, 1.165) is 16.3 Å². The number of carbonyl (C=O) groups is 1. The third-order valence-electron chi connectivity index (χ3n) is 4.12. The van der Waals surface area contributed by atoms with E-state index in [1.807, 2.05) is 51.1 Å². The van der Waals surface area contributed by atoms with Crippen molar-refractivity contribution in [2.75, 3.05) is 19.6 Å². The average molecular weight is 328 g/mol. The Morgan fingerprint density at radius 2 is 2.00 bits per heavy atom. The minimum atomic E-state index is -0.515. The van der Waals surface area contributed by atoms with Gasteiger partial charge in [0.25, 0.3) is 0 Å². The molecule has 1 atom stereocenters. The minimum absolute atomic E-state index is 0.127. The zero-order valence-corrected chi connectivity index (χ0v) is 14.4. The lowest BCUT2D eigenvalue weighted by Crippen LogP contribution is -2.49. The standard InChI is InChI=1S/C19H24N2O3/c1-19(2,3)24-18(23)21-11-10-20-15(12-21)17-14-7-5-4-6-13(14)8-9-16(17)22/h4-9,15,20,22H,10-12H2,1-3H3. The van der Waals surface area contributed by atoms with Crippen LogP contribution in [-0.2, 0) is 4.74 Å². The Balaban J connectivity index is 1.88. The van der Waals surface area contributed by atoms with Gasteiger partial charge in [0.15, 0.2) is 0 Å². The highest BCUT2D eigenvalue weighted by atomic mass is 16.6. The quantitative estimate of drug-likeness (QED) is 0.842. The average Bonchev–Trinajstić information content (AvgIpc) is 2.53. The molecule has 5 heteroatoms. The molecule has 24 heavy (non-hydrogen) atoms. The van der Waals surface area contributed by atoms with Gasteiger partial charge in [0.05, 0.1) is 6.04 Å². The summed E-state index contributed by atoms with van der Waals surface area (Å²) in [5, 5.41) is 15.9. The molecule has 1 unspecified atom stereocenters. The number of nitrogens with one attached hydrogen (secondary N) is 1. The summed E-state index contributed by atoms with van der Waals surface area (Å²) in [6.07, 6.45) is -0.311. The lowest BCUT2D eigenvalue weighted by molar-refractivity contribution is 0.0194. The van der Waals surface area contributed by atoms with Gasteiger partial charge in [-0.05, 0) is 37.6 Å². The number of piperazine rings is 1. The normalized spacial score (nSPS) is 18.6. The van der Waals surface area contributed by atoms with E-state index in [2.05, 4.69) is 5.32 Å². The fourth-order valence-corrected chi connectivity index (χ4v) is 3.09. The van der Waals surface area contributed by atoms with Gasteiger partial charge in [-0.1, -0.05) is 30.3 Å². The Bertz CT molecular complexity index is 752. The van der Waals surface area contributed by atoms with Gasteiger partial charge in [-0.25, -0.2) is 4.79 Å². The number of amides is 1. The topological polar surface area (TPSA) is 61.8 Å². The Hall–Kier alpha value is -2.27. The van der Waals surface area contributed by atoms with Gasteiger partial charge < -0.3 is 20.1 Å². The summed E-state index contributed by atoms with van der Waals surface area (Å²) < 4.78 is 5.48. The summed E-state index contributed by atoms with van der Waals surface area (Å²) in [7, 11) is 0. The molecule has 2 aromatic carbocycles. The van der Waals surface area contributed by atoms with Gasteiger partial charge >= 0.3 is 6.09 Å². The largest absolute Gasteiger partial charge is 0.508 e. The summed E-state index contributed by atoms with van der Waals surface area (Å²) in [6, 6.07) is 11.4. The van der Waals surface area contributed by atoms with Gasteiger partial charge in [0.2, 0.25) is 0 Å². The van der Waals surface area contributed by atoms with Crippen molar-refractivity contribution in [1.82, 2.24) is 10.2 Å². The molecule has 1 saturated heterocycles. The van der Waals surface area contributed by atoms with Crippen LogP contribution >= 0.6 is 0 Å². The lowest BCUT2D eigenvalue weighted by Gasteiger charge is -2.35. The molecule has 1 fully saturated rings. The van der Waals surface area contributed by atoms with Crippen LogP contribution in [0.2, 0.25) is 0 Å². The minimum Gasteiger partial charge on any atom is -0.508 e. The first-order valence-corrected chi connectivity index (χ1v) is 8.27. The number of phenolic OH excluding ortho intramolecular Hbond substituents is 1. The van der Waals surface area contributed by atoms with E-state index in [4.69, 9.17) is 4.74 Å². The highest BCUT2D eigenvalue weighted by Crippen LogP contribution is 2.33. The monoisotopic (exact) mass is 328 g/mol. The number of fused-ring (bicyclic) bond motifs is 1. The van der Waals surface area contributed by atoms with Crippen LogP contribution in [0.5, 0.6) is 5.75 Å². The maximum atomic E-state index is 12.4. The van der Waals surface area contributed by atoms with Crippen molar-refractivity contribution in [2.24, 2.45) is 0 Å². The number of rotatable bonds is 1. The SMILES string of the molecule is CC(C)(C)OC(=O)N1CCNC(c2c(O)ccc3ccccc23)C1. The van der Waals surface area contributed by atoms with E-state index >= 15 is 0 Å². The van der Waals surface area contributed by atoms with E-state index in [9.17, 15) is 9.90 Å². The van der Waals surface area contributed by atoms with Crippen LogP contribution in [0, 0.1) is 0 Å². The molecule has 1 aliphatic heterocycles. The van der Waals surface area contributed by atoms with Crippen molar-refractivity contribution in [3.63, 3.8) is 0 Å². The van der Waals surface area contributed by atoms with Crippen LogP contribution in [0.3, 0.4) is 0 Å². The molecular weight excluding hydrogens is 304 g/mol. The molecule has 128 valence electrons. The predicted octanol–water partition coefficient (Wildman–Crippen LogP) is 3.43. The molecule has 2 N–H and O–H groups in total. The summed E-state index contributed by atoms with van der Waals surface area (Å²) in [5.74, 6) is 0.247. The predicted molar refractivity (Wildman–Crippen MR) is 94.2 cm³/mol. The fourth-order valence-electron chi connectivity index (χ4n) is 3.09. The third-order valence-corrected chi connectivity index (χ3v) is 4.12. The second-order valence-corrected chi connectivity index (χ2v) is 7.15. The van der Waals surface area contributed by atoms with Crippen molar-refractivity contribution in [1.29, 1.82) is 0 Å². The maximum absolute atomic E-state index is 12.4. The lowest BCUT2D eigenvalue weighted by atomic mass is 9.96. The maximum Gasteiger partial charge on any atom is 0.410 e. The van der Waals surface area contributed by atoms with Gasteiger partial charge in [-0.3, -0.25) is 0 Å². The highest BCUT2D eigenvalue weighted by molar-refractivity contribution is 5.88. The van der Waals surface area contributed by atoms with Gasteiger partial charge in [-0.15, -0.1) is 0 Å². The molecular formula is C19H24N2O3. The zero-order valence-electron chi connectivity index (χ0n) is 14.4. The van der Waals surface area contributed by atoms with Gasteiger partial charge in [0.1, 0.15) is 11.4 Å². The molecule has 0 bridgehead atoms. The first-order chi connectivity index (χ1) is 11.3. The summed E-state index contributed by atoms with van der Waals surface area (Å²) in [6.45, 7) is 7.31. The Labute approximate surface area is 142 Å². The Kier molecular flexibility index (Phi) is 4.37. The van der Waals surface area contributed by atoms with Crippen LogP contribution in [0.25, 0.3) is 10.8 Å². The number of hydrogen-bond acceptors (Lipinski definition) is 4. The number of phenols is 1. The number of aromatic hydroxyl groups is 1. The molecule has 0 spiro atoms. The summed E-state index contributed by atoms with van der Waals surface area (Å²) >= 11 is 0. The van der Waals surface area contributed by atoms with Crippen molar-refractivity contribution in [2.45, 2.75) is 32.4 Å². The van der Waals surface area contributed by atoms with E-state index in [1.54, 1.807) is 11.0 Å². The van der Waals surface area contributed by atoms with Crippen molar-refractivity contribution >= 4 is 16.9 Å². The van der Waals surface area contributed by atoms with Crippen LogP contribution in [0.4, 0.5) is 4.79 Å². The fraction of sp³-hybridized carbons (Fsp3) is 0.421. The van der Waals surface area contributed by atoms with Crippen molar-refractivity contribution in [3.8, 4) is 5.75 Å². The molecule has 1 aliphatic rings. The second kappa shape index (κ2) is 6.32. The number of nitrogens with zero attached hydrogens (tertiary/aromatic N) is 1.